The molecule has 7 heteroatoms. The predicted octanol–water partition coefficient (Wildman–Crippen LogP) is 3.72. The zero-order valence-corrected chi connectivity index (χ0v) is 15.4. The Bertz CT molecular complexity index is 801. The Morgan fingerprint density at radius 3 is 2.54 bits per heavy atom. The van der Waals surface area contributed by atoms with E-state index < -0.39 is 17.8 Å². The van der Waals surface area contributed by atoms with Crippen LogP contribution in [0.3, 0.4) is 0 Å². The molecule has 0 radical (unpaired) electrons. The normalized spacial score (nSPS) is 19.9. The number of carbonyl (C=O) groups excluding carboxylic acids is 1. The quantitative estimate of drug-likeness (QED) is 0.834. The minimum atomic E-state index is -0.894. The van der Waals surface area contributed by atoms with E-state index in [4.69, 9.17) is 11.6 Å². The number of aromatic nitrogens is 2. The van der Waals surface area contributed by atoms with Gasteiger partial charge in [-0.05, 0) is 37.5 Å². The molecule has 1 heterocycles. The van der Waals surface area contributed by atoms with E-state index >= 15 is 0 Å². The van der Waals surface area contributed by atoms with Crippen molar-refractivity contribution in [3.63, 3.8) is 0 Å². The first-order valence-corrected chi connectivity index (χ1v) is 9.14. The summed E-state index contributed by atoms with van der Waals surface area (Å²) in [6.45, 7) is 2.49. The topological polar surface area (TPSA) is 84.2 Å². The maximum atomic E-state index is 12.6. The van der Waals surface area contributed by atoms with E-state index in [1.165, 1.54) is 0 Å². The van der Waals surface area contributed by atoms with Crippen LogP contribution in [0.15, 0.2) is 30.3 Å². The van der Waals surface area contributed by atoms with Crippen molar-refractivity contribution in [2.75, 3.05) is 5.32 Å². The fourth-order valence-electron chi connectivity index (χ4n) is 3.45. The van der Waals surface area contributed by atoms with Crippen LogP contribution in [0.4, 0.5) is 5.82 Å². The molecule has 2 atom stereocenters. The molecule has 138 valence electrons. The number of carbonyl (C=O) groups is 2. The summed E-state index contributed by atoms with van der Waals surface area (Å²) in [5.74, 6) is -1.80. The van der Waals surface area contributed by atoms with Crippen LogP contribution < -0.4 is 5.32 Å². The molecule has 1 saturated carbocycles. The molecular formula is C19H22ClN3O3. The molecule has 1 aromatic carbocycles. The van der Waals surface area contributed by atoms with Crippen molar-refractivity contribution in [1.29, 1.82) is 0 Å². The average Bonchev–Trinajstić information content (AvgIpc) is 2.96. The number of carboxylic acids is 1. The fourth-order valence-corrected chi connectivity index (χ4v) is 3.58. The average molecular weight is 376 g/mol. The third kappa shape index (κ3) is 4.25. The number of aryl methyl sites for hydroxylation is 1. The van der Waals surface area contributed by atoms with Gasteiger partial charge in [0.25, 0.3) is 0 Å². The predicted molar refractivity (Wildman–Crippen MR) is 99.2 cm³/mol. The van der Waals surface area contributed by atoms with Crippen LogP contribution in [-0.2, 0) is 16.1 Å². The lowest BCUT2D eigenvalue weighted by molar-refractivity contribution is -0.147. The number of carboxylic acid groups (broad SMARTS) is 1. The highest BCUT2D eigenvalue weighted by Crippen LogP contribution is 2.31. The van der Waals surface area contributed by atoms with E-state index in [-0.39, 0.29) is 5.91 Å². The Hall–Kier alpha value is -2.34. The van der Waals surface area contributed by atoms with E-state index in [0.717, 1.165) is 24.1 Å². The number of amides is 1. The number of anilines is 1. The lowest BCUT2D eigenvalue weighted by Gasteiger charge is -2.27. The highest BCUT2D eigenvalue weighted by Gasteiger charge is 2.35. The summed E-state index contributed by atoms with van der Waals surface area (Å²) in [6, 6.07) is 9.32. The molecule has 1 amide bonds. The molecule has 3 rings (SSSR count). The van der Waals surface area contributed by atoms with Gasteiger partial charge in [-0.1, -0.05) is 36.6 Å². The largest absolute Gasteiger partial charge is 0.481 e. The van der Waals surface area contributed by atoms with Crippen molar-refractivity contribution in [3.8, 4) is 0 Å². The molecule has 0 spiro atoms. The molecule has 0 bridgehead atoms. The lowest BCUT2D eigenvalue weighted by Crippen LogP contribution is -2.36. The molecule has 1 aliphatic rings. The smallest absolute Gasteiger partial charge is 0.307 e. The summed E-state index contributed by atoms with van der Waals surface area (Å²) in [6.07, 6.45) is 2.90. The highest BCUT2D eigenvalue weighted by atomic mass is 35.5. The first kappa shape index (κ1) is 18.5. The van der Waals surface area contributed by atoms with Gasteiger partial charge in [0.05, 0.1) is 18.4 Å². The maximum Gasteiger partial charge on any atom is 0.307 e. The van der Waals surface area contributed by atoms with Crippen LogP contribution in [0, 0.1) is 18.8 Å². The van der Waals surface area contributed by atoms with Gasteiger partial charge >= 0.3 is 5.97 Å². The van der Waals surface area contributed by atoms with Gasteiger partial charge in [0, 0.05) is 16.8 Å². The first-order valence-electron chi connectivity index (χ1n) is 8.76. The van der Waals surface area contributed by atoms with E-state index in [9.17, 15) is 14.7 Å². The van der Waals surface area contributed by atoms with Crippen LogP contribution in [0.5, 0.6) is 0 Å². The Balaban J connectivity index is 1.69. The van der Waals surface area contributed by atoms with Gasteiger partial charge in [-0.3, -0.25) is 14.3 Å². The third-order valence-electron chi connectivity index (χ3n) is 4.90. The van der Waals surface area contributed by atoms with Crippen molar-refractivity contribution in [1.82, 2.24) is 9.78 Å². The number of halogens is 1. The van der Waals surface area contributed by atoms with E-state index in [1.54, 1.807) is 10.7 Å². The second-order valence-corrected chi connectivity index (χ2v) is 7.22. The van der Waals surface area contributed by atoms with Crippen molar-refractivity contribution >= 4 is 29.3 Å². The van der Waals surface area contributed by atoms with Gasteiger partial charge < -0.3 is 10.4 Å². The van der Waals surface area contributed by atoms with E-state index in [2.05, 4.69) is 10.4 Å². The Morgan fingerprint density at radius 1 is 1.23 bits per heavy atom. The molecule has 0 saturated heterocycles. The number of aliphatic carboxylic acids is 1. The van der Waals surface area contributed by atoms with Crippen LogP contribution in [0.2, 0.25) is 5.02 Å². The van der Waals surface area contributed by atoms with Crippen molar-refractivity contribution in [2.45, 2.75) is 39.2 Å². The lowest BCUT2D eigenvalue weighted by atomic mass is 9.79. The highest BCUT2D eigenvalue weighted by molar-refractivity contribution is 6.30. The standard InChI is InChI=1S/C19H22ClN3O3/c1-12-10-17(22-23(12)11-13-6-8-14(20)9-7-13)21-18(24)15-4-2-3-5-16(15)19(25)26/h6-10,15-16H,2-5,11H2,1H3,(H,25,26)(H,21,22,24)/t15-,16+/m0/s1. The van der Waals surface area contributed by atoms with Gasteiger partial charge in [-0.15, -0.1) is 0 Å². The third-order valence-corrected chi connectivity index (χ3v) is 5.15. The molecule has 1 fully saturated rings. The Labute approximate surface area is 157 Å². The fraction of sp³-hybridized carbons (Fsp3) is 0.421. The monoisotopic (exact) mass is 375 g/mol. The molecule has 6 nitrogen and oxygen atoms in total. The van der Waals surface area contributed by atoms with Gasteiger partial charge in [0.2, 0.25) is 5.91 Å². The zero-order valence-electron chi connectivity index (χ0n) is 14.6. The van der Waals surface area contributed by atoms with Crippen LogP contribution >= 0.6 is 11.6 Å². The summed E-state index contributed by atoms with van der Waals surface area (Å²) < 4.78 is 1.80. The summed E-state index contributed by atoms with van der Waals surface area (Å²) in [4.78, 5) is 24.0. The van der Waals surface area contributed by atoms with E-state index in [1.807, 2.05) is 31.2 Å². The van der Waals surface area contributed by atoms with Gasteiger partial charge in [0.1, 0.15) is 0 Å². The van der Waals surface area contributed by atoms with Gasteiger partial charge in [0.15, 0.2) is 5.82 Å². The second kappa shape index (κ2) is 7.91. The molecule has 0 unspecified atom stereocenters. The SMILES string of the molecule is Cc1cc(NC(=O)[C@H]2CCCC[C@H]2C(=O)O)nn1Cc1ccc(Cl)cc1. The van der Waals surface area contributed by atoms with Crippen LogP contribution in [0.1, 0.15) is 36.9 Å². The molecule has 0 aliphatic heterocycles. The van der Waals surface area contributed by atoms with Crippen LogP contribution in [0.25, 0.3) is 0 Å². The molecule has 2 N–H and O–H groups in total. The number of hydrogen-bond acceptors (Lipinski definition) is 3. The van der Waals surface area contributed by atoms with Crippen molar-refractivity contribution in [3.05, 3.63) is 46.6 Å². The first-order chi connectivity index (χ1) is 12.4. The van der Waals surface area contributed by atoms with E-state index in [0.29, 0.717) is 30.2 Å². The minimum absolute atomic E-state index is 0.256. The number of rotatable bonds is 5. The number of benzene rings is 1. The summed E-state index contributed by atoms with van der Waals surface area (Å²) in [7, 11) is 0. The van der Waals surface area contributed by atoms with Crippen molar-refractivity contribution < 1.29 is 14.7 Å². The maximum absolute atomic E-state index is 12.6. The number of nitrogens with zero attached hydrogens (tertiary/aromatic N) is 2. The second-order valence-electron chi connectivity index (χ2n) is 6.78. The molecule has 1 aliphatic carbocycles. The van der Waals surface area contributed by atoms with Gasteiger partial charge in [-0.2, -0.15) is 5.10 Å². The molecule has 2 aromatic rings. The molecular weight excluding hydrogens is 354 g/mol. The van der Waals surface area contributed by atoms with Gasteiger partial charge in [-0.25, -0.2) is 0 Å². The van der Waals surface area contributed by atoms with Crippen LogP contribution in [-0.4, -0.2) is 26.8 Å². The Kier molecular flexibility index (Phi) is 5.61. The minimum Gasteiger partial charge on any atom is -0.481 e. The molecule has 1 aromatic heterocycles. The Morgan fingerprint density at radius 2 is 1.88 bits per heavy atom. The summed E-state index contributed by atoms with van der Waals surface area (Å²) in [5, 5.41) is 17.3. The molecule has 26 heavy (non-hydrogen) atoms. The number of nitrogens with one attached hydrogen (secondary N) is 1. The number of hydrogen-bond donors (Lipinski definition) is 2. The van der Waals surface area contributed by atoms with Crippen molar-refractivity contribution in [2.24, 2.45) is 11.8 Å². The summed E-state index contributed by atoms with van der Waals surface area (Å²) in [5.41, 5.74) is 1.96. The zero-order chi connectivity index (χ0) is 18.7. The summed E-state index contributed by atoms with van der Waals surface area (Å²) >= 11 is 5.90.